The molecule has 0 fully saturated rings. The second-order valence-corrected chi connectivity index (χ2v) is 4.40. The van der Waals surface area contributed by atoms with E-state index in [2.05, 4.69) is 27.2 Å². The van der Waals surface area contributed by atoms with Crippen LogP contribution in [-0.4, -0.2) is 12.5 Å². The van der Waals surface area contributed by atoms with E-state index in [-0.39, 0.29) is 5.91 Å². The molecule has 84 valence electrons. The number of terminal acetylenes is 1. The van der Waals surface area contributed by atoms with Gasteiger partial charge in [0, 0.05) is 17.4 Å². The molecule has 1 rings (SSSR count). The Kier molecular flexibility index (Phi) is 5.07. The van der Waals surface area contributed by atoms with Crippen molar-refractivity contribution in [1.82, 2.24) is 5.32 Å². The lowest BCUT2D eigenvalue weighted by atomic mass is 10.1. The molecule has 1 aromatic rings. The van der Waals surface area contributed by atoms with E-state index in [0.717, 1.165) is 16.5 Å². The second-order valence-electron chi connectivity index (χ2n) is 3.55. The third-order valence-electron chi connectivity index (χ3n) is 2.15. The molecule has 2 nitrogen and oxygen atoms in total. The highest BCUT2D eigenvalue weighted by Crippen LogP contribution is 2.18. The fourth-order valence-electron chi connectivity index (χ4n) is 1.29. The Morgan fingerprint density at radius 3 is 2.94 bits per heavy atom. The van der Waals surface area contributed by atoms with E-state index in [0.29, 0.717) is 18.5 Å². The second kappa shape index (κ2) is 6.34. The Bertz CT molecular complexity index is 420. The summed E-state index contributed by atoms with van der Waals surface area (Å²) in [5, 5.41) is 2.83. The first-order valence-corrected chi connectivity index (χ1v) is 5.92. The molecule has 0 aliphatic heterocycles. The summed E-state index contributed by atoms with van der Waals surface area (Å²) in [6.07, 6.45) is 6.63. The van der Waals surface area contributed by atoms with E-state index in [4.69, 9.17) is 6.42 Å². The van der Waals surface area contributed by atoms with Crippen molar-refractivity contribution < 1.29 is 4.79 Å². The van der Waals surface area contributed by atoms with Crippen LogP contribution in [0.4, 0.5) is 0 Å². The molecular formula is C13H14BrNO. The lowest BCUT2D eigenvalue weighted by Crippen LogP contribution is -2.24. The summed E-state index contributed by atoms with van der Waals surface area (Å²) in [5.41, 5.74) is 1.78. The summed E-state index contributed by atoms with van der Waals surface area (Å²) >= 11 is 3.38. The van der Waals surface area contributed by atoms with Gasteiger partial charge < -0.3 is 5.32 Å². The molecule has 0 spiro atoms. The van der Waals surface area contributed by atoms with Crippen LogP contribution >= 0.6 is 15.9 Å². The molecule has 0 aliphatic rings. The Hall–Kier alpha value is -1.27. The van der Waals surface area contributed by atoms with E-state index in [1.807, 2.05) is 25.1 Å². The molecule has 0 heterocycles. The van der Waals surface area contributed by atoms with Gasteiger partial charge in [-0.25, -0.2) is 0 Å². The molecule has 3 heteroatoms. The molecule has 1 N–H and O–H groups in total. The van der Waals surface area contributed by atoms with E-state index in [9.17, 15) is 4.79 Å². The number of nitrogens with one attached hydrogen (secondary N) is 1. The van der Waals surface area contributed by atoms with Gasteiger partial charge in [-0.1, -0.05) is 6.07 Å². The molecule has 0 aliphatic carbocycles. The maximum atomic E-state index is 11.7. The SMILES string of the molecule is C#CCCCNC(=O)c1ccc(C)cc1Br. The molecule has 0 saturated carbocycles. The molecule has 0 radical (unpaired) electrons. The number of halogens is 1. The summed E-state index contributed by atoms with van der Waals surface area (Å²) in [6, 6.07) is 5.66. The van der Waals surface area contributed by atoms with Gasteiger partial charge in [-0.15, -0.1) is 12.3 Å². The number of benzene rings is 1. The monoisotopic (exact) mass is 279 g/mol. The summed E-state index contributed by atoms with van der Waals surface area (Å²) in [4.78, 5) is 11.7. The van der Waals surface area contributed by atoms with Gasteiger partial charge in [-0.2, -0.15) is 0 Å². The normalized spacial score (nSPS) is 9.56. The van der Waals surface area contributed by atoms with Crippen LogP contribution in [0.2, 0.25) is 0 Å². The first-order chi connectivity index (χ1) is 7.65. The molecule has 0 atom stereocenters. The zero-order chi connectivity index (χ0) is 12.0. The number of aryl methyl sites for hydroxylation is 1. The van der Waals surface area contributed by atoms with Crippen molar-refractivity contribution in [3.05, 3.63) is 33.8 Å². The van der Waals surface area contributed by atoms with Crippen LogP contribution in [0.25, 0.3) is 0 Å². The third kappa shape index (κ3) is 3.71. The predicted molar refractivity (Wildman–Crippen MR) is 69.3 cm³/mol. The smallest absolute Gasteiger partial charge is 0.252 e. The lowest BCUT2D eigenvalue weighted by Gasteiger charge is -2.06. The van der Waals surface area contributed by atoms with Gasteiger partial charge >= 0.3 is 0 Å². The lowest BCUT2D eigenvalue weighted by molar-refractivity contribution is 0.0952. The van der Waals surface area contributed by atoms with Gasteiger partial charge in [0.1, 0.15) is 0 Å². The number of carbonyl (C=O) groups is 1. The standard InChI is InChI=1S/C13H14BrNO/c1-3-4-5-8-15-13(16)11-7-6-10(2)9-12(11)14/h1,6-7,9H,4-5,8H2,2H3,(H,15,16). The molecule has 1 amide bonds. The Morgan fingerprint density at radius 2 is 2.31 bits per heavy atom. The fourth-order valence-corrected chi connectivity index (χ4v) is 1.97. The van der Waals surface area contributed by atoms with Gasteiger partial charge in [-0.3, -0.25) is 4.79 Å². The van der Waals surface area contributed by atoms with Crippen LogP contribution in [0.5, 0.6) is 0 Å². The first kappa shape index (κ1) is 12.8. The quantitative estimate of drug-likeness (QED) is 0.667. The Balaban J connectivity index is 2.57. The molecule has 0 saturated heterocycles. The average Bonchev–Trinajstić information content (AvgIpc) is 2.24. The third-order valence-corrected chi connectivity index (χ3v) is 2.81. The van der Waals surface area contributed by atoms with Gasteiger partial charge in [-0.05, 0) is 47.0 Å². The topological polar surface area (TPSA) is 29.1 Å². The van der Waals surface area contributed by atoms with E-state index >= 15 is 0 Å². The van der Waals surface area contributed by atoms with Crippen LogP contribution < -0.4 is 5.32 Å². The number of hydrogen-bond donors (Lipinski definition) is 1. The average molecular weight is 280 g/mol. The minimum atomic E-state index is -0.0658. The van der Waals surface area contributed by atoms with Gasteiger partial charge in [0.2, 0.25) is 0 Å². The molecule has 0 bridgehead atoms. The largest absolute Gasteiger partial charge is 0.352 e. The summed E-state index contributed by atoms with van der Waals surface area (Å²) in [7, 11) is 0. The molecule has 16 heavy (non-hydrogen) atoms. The van der Waals surface area contributed by atoms with Gasteiger partial charge in [0.25, 0.3) is 5.91 Å². The summed E-state index contributed by atoms with van der Waals surface area (Å²) in [6.45, 7) is 2.60. The van der Waals surface area contributed by atoms with Crippen molar-refractivity contribution >= 4 is 21.8 Å². The summed E-state index contributed by atoms with van der Waals surface area (Å²) < 4.78 is 0.821. The molecule has 1 aromatic carbocycles. The van der Waals surface area contributed by atoms with Crippen LogP contribution in [0.1, 0.15) is 28.8 Å². The summed E-state index contributed by atoms with van der Waals surface area (Å²) in [5.74, 6) is 2.47. The molecule has 0 aromatic heterocycles. The van der Waals surface area contributed by atoms with Crippen LogP contribution in [0, 0.1) is 19.3 Å². The zero-order valence-electron chi connectivity index (χ0n) is 9.22. The van der Waals surface area contributed by atoms with Gasteiger partial charge in [0.15, 0.2) is 0 Å². The maximum Gasteiger partial charge on any atom is 0.252 e. The van der Waals surface area contributed by atoms with E-state index < -0.39 is 0 Å². The van der Waals surface area contributed by atoms with E-state index in [1.165, 1.54) is 0 Å². The molecular weight excluding hydrogens is 266 g/mol. The minimum Gasteiger partial charge on any atom is -0.352 e. The predicted octanol–water partition coefficient (Wildman–Crippen LogP) is 2.90. The van der Waals surface area contributed by atoms with Crippen LogP contribution in [0.15, 0.2) is 22.7 Å². The van der Waals surface area contributed by atoms with Crippen molar-refractivity contribution in [2.75, 3.05) is 6.54 Å². The Labute approximate surface area is 105 Å². The number of unbranched alkanes of at least 4 members (excludes halogenated alkanes) is 1. The first-order valence-electron chi connectivity index (χ1n) is 5.13. The van der Waals surface area contributed by atoms with Crippen molar-refractivity contribution in [1.29, 1.82) is 0 Å². The highest BCUT2D eigenvalue weighted by molar-refractivity contribution is 9.10. The number of carbonyl (C=O) groups excluding carboxylic acids is 1. The number of amides is 1. The highest BCUT2D eigenvalue weighted by Gasteiger charge is 2.08. The number of rotatable bonds is 4. The van der Waals surface area contributed by atoms with Crippen molar-refractivity contribution in [3.63, 3.8) is 0 Å². The highest BCUT2D eigenvalue weighted by atomic mass is 79.9. The zero-order valence-corrected chi connectivity index (χ0v) is 10.8. The van der Waals surface area contributed by atoms with Crippen molar-refractivity contribution in [3.8, 4) is 12.3 Å². The van der Waals surface area contributed by atoms with Gasteiger partial charge in [0.05, 0.1) is 5.56 Å². The Morgan fingerprint density at radius 1 is 1.56 bits per heavy atom. The fraction of sp³-hybridized carbons (Fsp3) is 0.308. The van der Waals surface area contributed by atoms with Crippen molar-refractivity contribution in [2.24, 2.45) is 0 Å². The van der Waals surface area contributed by atoms with Crippen LogP contribution in [0.3, 0.4) is 0 Å². The van der Waals surface area contributed by atoms with Crippen molar-refractivity contribution in [2.45, 2.75) is 19.8 Å². The van der Waals surface area contributed by atoms with E-state index in [1.54, 1.807) is 0 Å². The minimum absolute atomic E-state index is 0.0658. The number of hydrogen-bond acceptors (Lipinski definition) is 1. The molecule has 0 unspecified atom stereocenters. The maximum absolute atomic E-state index is 11.7. The van der Waals surface area contributed by atoms with Crippen LogP contribution in [-0.2, 0) is 0 Å².